The number of ether oxygens (including phenoxy) is 1. The van der Waals surface area contributed by atoms with E-state index in [9.17, 15) is 9.59 Å². The Hall–Kier alpha value is -3.04. The van der Waals surface area contributed by atoms with Crippen molar-refractivity contribution in [1.82, 2.24) is 20.1 Å². The van der Waals surface area contributed by atoms with Gasteiger partial charge in [-0.1, -0.05) is 43.3 Å². The number of methoxy groups -OCH3 is 1. The number of hydrogen-bond acceptors (Lipinski definition) is 6. The number of carbonyl (C=O) groups excluding carboxylic acids is 2. The molecule has 0 radical (unpaired) electrons. The molecule has 1 unspecified atom stereocenters. The van der Waals surface area contributed by atoms with Gasteiger partial charge in [0.1, 0.15) is 5.75 Å². The van der Waals surface area contributed by atoms with Crippen LogP contribution in [0.3, 0.4) is 0 Å². The van der Waals surface area contributed by atoms with Crippen LogP contribution in [-0.4, -0.2) is 39.4 Å². The fourth-order valence-electron chi connectivity index (χ4n) is 3.11. The SMILES string of the molecule is COc1ccc(C(=O)NC(c2nnc(SCC(=O)Nc3cccc(Cl)c3)n2C)C(C)C)cc1. The first kappa shape index (κ1) is 24.6. The summed E-state index contributed by atoms with van der Waals surface area (Å²) in [6.07, 6.45) is 0. The largest absolute Gasteiger partial charge is 0.497 e. The van der Waals surface area contributed by atoms with Gasteiger partial charge in [-0.15, -0.1) is 10.2 Å². The van der Waals surface area contributed by atoms with E-state index in [1.54, 1.807) is 60.2 Å². The summed E-state index contributed by atoms with van der Waals surface area (Å²) in [5.41, 5.74) is 1.16. The van der Waals surface area contributed by atoms with Crippen molar-refractivity contribution in [2.24, 2.45) is 13.0 Å². The second-order valence-electron chi connectivity index (χ2n) is 7.67. The number of carbonyl (C=O) groups is 2. The monoisotopic (exact) mass is 487 g/mol. The first-order valence-corrected chi connectivity index (χ1v) is 11.7. The molecule has 2 N–H and O–H groups in total. The molecule has 2 aromatic carbocycles. The van der Waals surface area contributed by atoms with Crippen molar-refractivity contribution >= 4 is 40.9 Å². The topological polar surface area (TPSA) is 98.1 Å². The lowest BCUT2D eigenvalue weighted by molar-refractivity contribution is -0.113. The molecule has 1 heterocycles. The summed E-state index contributed by atoms with van der Waals surface area (Å²) in [6, 6.07) is 13.5. The van der Waals surface area contributed by atoms with E-state index in [1.807, 2.05) is 20.9 Å². The highest BCUT2D eigenvalue weighted by atomic mass is 35.5. The minimum Gasteiger partial charge on any atom is -0.497 e. The number of amides is 2. The summed E-state index contributed by atoms with van der Waals surface area (Å²) in [6.45, 7) is 4.00. The Balaban J connectivity index is 1.65. The number of hydrogen-bond donors (Lipinski definition) is 2. The molecule has 33 heavy (non-hydrogen) atoms. The van der Waals surface area contributed by atoms with Gasteiger partial charge in [-0.3, -0.25) is 9.59 Å². The maximum absolute atomic E-state index is 12.8. The van der Waals surface area contributed by atoms with Crippen molar-refractivity contribution in [2.45, 2.75) is 25.0 Å². The van der Waals surface area contributed by atoms with Gasteiger partial charge in [-0.2, -0.15) is 0 Å². The number of halogens is 1. The Morgan fingerprint density at radius 3 is 2.52 bits per heavy atom. The van der Waals surface area contributed by atoms with Crippen LogP contribution in [0.15, 0.2) is 53.7 Å². The normalized spacial score (nSPS) is 11.8. The maximum Gasteiger partial charge on any atom is 0.251 e. The summed E-state index contributed by atoms with van der Waals surface area (Å²) >= 11 is 7.22. The quantitative estimate of drug-likeness (QED) is 0.436. The highest BCUT2D eigenvalue weighted by Gasteiger charge is 2.25. The molecular formula is C23H26ClN5O3S. The van der Waals surface area contributed by atoms with Gasteiger partial charge in [0.2, 0.25) is 5.91 Å². The van der Waals surface area contributed by atoms with Crippen molar-refractivity contribution in [1.29, 1.82) is 0 Å². The van der Waals surface area contributed by atoms with Gasteiger partial charge < -0.3 is 19.9 Å². The molecule has 3 aromatic rings. The molecule has 0 aliphatic carbocycles. The predicted octanol–water partition coefficient (Wildman–Crippen LogP) is 4.34. The van der Waals surface area contributed by atoms with E-state index in [4.69, 9.17) is 16.3 Å². The zero-order valence-corrected chi connectivity index (χ0v) is 20.4. The molecule has 0 aliphatic heterocycles. The molecule has 0 aliphatic rings. The second kappa shape index (κ2) is 11.2. The lowest BCUT2D eigenvalue weighted by Gasteiger charge is -2.21. The number of aromatic nitrogens is 3. The minimum atomic E-state index is -0.355. The molecule has 2 amide bonds. The van der Waals surface area contributed by atoms with Crippen LogP contribution >= 0.6 is 23.4 Å². The molecule has 0 saturated carbocycles. The smallest absolute Gasteiger partial charge is 0.251 e. The van der Waals surface area contributed by atoms with Crippen LogP contribution in [0.2, 0.25) is 5.02 Å². The van der Waals surface area contributed by atoms with Crippen LogP contribution in [0.5, 0.6) is 5.75 Å². The Morgan fingerprint density at radius 2 is 1.88 bits per heavy atom. The number of rotatable bonds is 9. The van der Waals surface area contributed by atoms with Gasteiger partial charge in [0.05, 0.1) is 18.9 Å². The first-order chi connectivity index (χ1) is 15.8. The van der Waals surface area contributed by atoms with Gasteiger partial charge in [0, 0.05) is 23.3 Å². The van der Waals surface area contributed by atoms with E-state index in [2.05, 4.69) is 20.8 Å². The molecule has 8 nitrogen and oxygen atoms in total. The van der Waals surface area contributed by atoms with Crippen molar-refractivity contribution in [3.05, 3.63) is 64.9 Å². The third-order valence-electron chi connectivity index (χ3n) is 4.89. The lowest BCUT2D eigenvalue weighted by Crippen LogP contribution is -2.33. The third-order valence-corrected chi connectivity index (χ3v) is 6.15. The van der Waals surface area contributed by atoms with Gasteiger partial charge in [-0.05, 0) is 48.4 Å². The average Bonchev–Trinajstić information content (AvgIpc) is 3.15. The van der Waals surface area contributed by atoms with Crippen LogP contribution < -0.4 is 15.4 Å². The van der Waals surface area contributed by atoms with Crippen molar-refractivity contribution < 1.29 is 14.3 Å². The van der Waals surface area contributed by atoms with Crippen LogP contribution in [0, 0.1) is 5.92 Å². The number of nitrogens with zero attached hydrogens (tertiary/aromatic N) is 3. The highest BCUT2D eigenvalue weighted by Crippen LogP contribution is 2.25. The first-order valence-electron chi connectivity index (χ1n) is 10.3. The third kappa shape index (κ3) is 6.49. The molecule has 10 heteroatoms. The zero-order chi connectivity index (χ0) is 24.0. The van der Waals surface area contributed by atoms with Crippen molar-refractivity contribution in [3.63, 3.8) is 0 Å². The van der Waals surface area contributed by atoms with Gasteiger partial charge in [0.15, 0.2) is 11.0 Å². The zero-order valence-electron chi connectivity index (χ0n) is 18.8. The molecular weight excluding hydrogens is 462 g/mol. The summed E-state index contributed by atoms with van der Waals surface area (Å²) in [7, 11) is 3.40. The lowest BCUT2D eigenvalue weighted by atomic mass is 10.0. The van der Waals surface area contributed by atoms with Gasteiger partial charge in [-0.25, -0.2) is 0 Å². The minimum absolute atomic E-state index is 0.0686. The second-order valence-corrected chi connectivity index (χ2v) is 9.05. The maximum atomic E-state index is 12.8. The van der Waals surface area contributed by atoms with Crippen molar-refractivity contribution in [3.8, 4) is 5.75 Å². The molecule has 0 spiro atoms. The highest BCUT2D eigenvalue weighted by molar-refractivity contribution is 7.99. The summed E-state index contributed by atoms with van der Waals surface area (Å²) < 4.78 is 6.95. The van der Waals surface area contributed by atoms with Gasteiger partial charge in [0.25, 0.3) is 5.91 Å². The number of benzene rings is 2. The standard InChI is InChI=1S/C23H26ClN5O3S/c1-14(2)20(26-22(31)15-8-10-18(32-4)11-9-15)21-27-28-23(29(21)3)33-13-19(30)25-17-7-5-6-16(24)12-17/h5-12,14,20H,13H2,1-4H3,(H,25,30)(H,26,31). The van der Waals surface area contributed by atoms with E-state index in [1.165, 1.54) is 11.8 Å². The number of thioether (sulfide) groups is 1. The molecule has 0 saturated heterocycles. The van der Waals surface area contributed by atoms with E-state index >= 15 is 0 Å². The summed E-state index contributed by atoms with van der Waals surface area (Å²) in [5.74, 6) is 1.13. The fraction of sp³-hybridized carbons (Fsp3) is 0.304. The van der Waals surface area contributed by atoms with E-state index in [0.717, 1.165) is 0 Å². The van der Waals surface area contributed by atoms with E-state index in [0.29, 0.717) is 33.0 Å². The molecule has 0 fully saturated rings. The molecule has 1 aromatic heterocycles. The van der Waals surface area contributed by atoms with Crippen LogP contribution in [0.4, 0.5) is 5.69 Å². The van der Waals surface area contributed by atoms with E-state index < -0.39 is 0 Å². The van der Waals surface area contributed by atoms with Crippen molar-refractivity contribution in [2.75, 3.05) is 18.2 Å². The van der Waals surface area contributed by atoms with E-state index in [-0.39, 0.29) is 29.5 Å². The molecule has 1 atom stereocenters. The number of anilines is 1. The molecule has 0 bridgehead atoms. The Morgan fingerprint density at radius 1 is 1.15 bits per heavy atom. The molecule has 174 valence electrons. The fourth-order valence-corrected chi connectivity index (χ4v) is 4.02. The predicted molar refractivity (Wildman–Crippen MR) is 130 cm³/mol. The molecule has 3 rings (SSSR count). The number of nitrogens with one attached hydrogen (secondary N) is 2. The average molecular weight is 488 g/mol. The summed E-state index contributed by atoms with van der Waals surface area (Å²) in [4.78, 5) is 25.1. The van der Waals surface area contributed by atoms with Crippen LogP contribution in [0.25, 0.3) is 0 Å². The van der Waals surface area contributed by atoms with Crippen LogP contribution in [0.1, 0.15) is 36.1 Å². The summed E-state index contributed by atoms with van der Waals surface area (Å²) in [5, 5.41) is 15.5. The van der Waals surface area contributed by atoms with Crippen LogP contribution in [-0.2, 0) is 11.8 Å². The Labute approximate surface area is 202 Å². The Bertz CT molecular complexity index is 1120. The van der Waals surface area contributed by atoms with Gasteiger partial charge >= 0.3 is 0 Å². The Kier molecular flexibility index (Phi) is 8.35.